The van der Waals surface area contributed by atoms with Gasteiger partial charge in [0.1, 0.15) is 5.82 Å². The zero-order valence-corrected chi connectivity index (χ0v) is 4.97. The third-order valence-corrected chi connectivity index (χ3v) is 1.12. The number of rotatable bonds is 1. The molecule has 0 nitrogen and oxygen atoms in total. The van der Waals surface area contributed by atoms with Gasteiger partial charge >= 0.3 is 0 Å². The van der Waals surface area contributed by atoms with Crippen LogP contribution in [-0.2, 0) is 6.32 Å². The summed E-state index contributed by atoms with van der Waals surface area (Å²) in [6, 6.07) is 6.28. The Morgan fingerprint density at radius 2 is 2.22 bits per heavy atom. The van der Waals surface area contributed by atoms with Crippen molar-refractivity contribution in [1.29, 1.82) is 0 Å². The van der Waals surface area contributed by atoms with E-state index in [-0.39, 0.29) is 5.82 Å². The second-order valence-corrected chi connectivity index (χ2v) is 1.83. The van der Waals surface area contributed by atoms with Gasteiger partial charge in [-0.1, -0.05) is 17.7 Å². The zero-order chi connectivity index (χ0) is 6.69. The largest absolute Gasteiger partial charge is 0.620 e. The van der Waals surface area contributed by atoms with Crippen molar-refractivity contribution in [3.63, 3.8) is 0 Å². The third-order valence-electron chi connectivity index (χ3n) is 1.12. The molecular weight excluding hydrogens is 114 g/mol. The molecule has 1 aromatic carbocycles. The highest BCUT2D eigenvalue weighted by Gasteiger charge is 1.85. The van der Waals surface area contributed by atoms with Crippen LogP contribution in [0.1, 0.15) is 5.56 Å². The summed E-state index contributed by atoms with van der Waals surface area (Å²) in [4.78, 5) is 0. The van der Waals surface area contributed by atoms with E-state index in [1.165, 1.54) is 12.1 Å². The Kier molecular flexibility index (Phi) is 1.88. The average molecular weight is 120 g/mol. The number of hydrogen-bond donors (Lipinski definition) is 0. The van der Waals surface area contributed by atoms with E-state index in [4.69, 9.17) is 7.85 Å². The first kappa shape index (κ1) is 6.34. The number of halogens is 1. The van der Waals surface area contributed by atoms with Crippen molar-refractivity contribution in [2.45, 2.75) is 6.32 Å². The van der Waals surface area contributed by atoms with Crippen molar-refractivity contribution < 1.29 is 4.39 Å². The Labute approximate surface area is 55.1 Å². The molecule has 0 N–H and O–H groups in total. The molecule has 3 radical (unpaired) electrons. The lowest BCUT2D eigenvalue weighted by atomic mass is 9.97. The smallest absolute Gasteiger partial charge is 0.123 e. The highest BCUT2D eigenvalue weighted by Crippen LogP contribution is 2.01. The second kappa shape index (κ2) is 2.67. The molecule has 0 heterocycles. The van der Waals surface area contributed by atoms with E-state index >= 15 is 0 Å². The van der Waals surface area contributed by atoms with Crippen molar-refractivity contribution in [2.75, 3.05) is 0 Å². The fourth-order valence-electron chi connectivity index (χ4n) is 0.664. The Bertz CT molecular complexity index is 198. The normalized spacial score (nSPS) is 9.56. The van der Waals surface area contributed by atoms with Crippen LogP contribution >= 0.6 is 0 Å². The lowest BCUT2D eigenvalue weighted by molar-refractivity contribution is 0.626. The van der Waals surface area contributed by atoms with Gasteiger partial charge in [-0.25, -0.2) is 4.39 Å². The summed E-state index contributed by atoms with van der Waals surface area (Å²) in [6.07, 6.45) is 0.401. The van der Waals surface area contributed by atoms with E-state index in [9.17, 15) is 4.39 Å². The number of hydrogen-bond acceptors (Lipinski definition) is 0. The predicted octanol–water partition coefficient (Wildman–Crippen LogP) is 1.49. The van der Waals surface area contributed by atoms with Gasteiger partial charge < -0.3 is 7.85 Å². The van der Waals surface area contributed by atoms with Gasteiger partial charge in [-0.15, -0.1) is 0 Å². The number of benzene rings is 1. The minimum absolute atomic E-state index is 0.224. The summed E-state index contributed by atoms with van der Waals surface area (Å²) in [5, 5.41) is 0. The zero-order valence-electron chi connectivity index (χ0n) is 4.97. The lowest BCUT2D eigenvalue weighted by Gasteiger charge is -2.02. The molecule has 0 aliphatic carbocycles. The van der Waals surface area contributed by atoms with Gasteiger partial charge in [-0.3, -0.25) is 6.32 Å². The van der Waals surface area contributed by atoms with Crippen molar-refractivity contribution in [2.24, 2.45) is 0 Å². The van der Waals surface area contributed by atoms with Crippen LogP contribution in [0.4, 0.5) is 4.39 Å². The Morgan fingerprint density at radius 3 is 2.67 bits per heavy atom. The molecule has 0 bridgehead atoms. The summed E-state index contributed by atoms with van der Waals surface area (Å²) >= 11 is 0. The first-order valence-corrected chi connectivity index (χ1v) is 2.77. The molecule has 2 heteroatoms. The molecule has 9 heavy (non-hydrogen) atoms. The first-order valence-electron chi connectivity index (χ1n) is 2.77. The van der Waals surface area contributed by atoms with Gasteiger partial charge in [0.15, 0.2) is 0 Å². The van der Waals surface area contributed by atoms with Crippen LogP contribution in [0.15, 0.2) is 24.3 Å². The van der Waals surface area contributed by atoms with Crippen LogP contribution in [0.2, 0.25) is 0 Å². The minimum Gasteiger partial charge on any atom is -0.620 e. The van der Waals surface area contributed by atoms with Crippen LogP contribution in [0.5, 0.6) is 0 Å². The molecule has 0 aromatic heterocycles. The second-order valence-electron chi connectivity index (χ2n) is 1.83. The standard InChI is InChI=1S/C7H6BF/c8-5-6-2-1-3-7(9)4-6/h1-4H,5H2/q-1. The quantitative estimate of drug-likeness (QED) is 0.492. The maximum atomic E-state index is 12.3. The topological polar surface area (TPSA) is 0 Å². The monoisotopic (exact) mass is 120 g/mol. The Hall–Kier alpha value is -0.785. The van der Waals surface area contributed by atoms with Gasteiger partial charge in [0.05, 0.1) is 0 Å². The van der Waals surface area contributed by atoms with Gasteiger partial charge in [-0.2, -0.15) is 0 Å². The molecule has 0 fully saturated rings. The Balaban J connectivity index is 2.94. The van der Waals surface area contributed by atoms with Crippen LogP contribution in [-0.4, -0.2) is 7.85 Å². The van der Waals surface area contributed by atoms with Gasteiger partial charge in [-0.05, 0) is 12.1 Å². The van der Waals surface area contributed by atoms with E-state index in [0.29, 0.717) is 6.32 Å². The molecule has 1 aromatic rings. The fourth-order valence-corrected chi connectivity index (χ4v) is 0.664. The Morgan fingerprint density at radius 1 is 1.44 bits per heavy atom. The van der Waals surface area contributed by atoms with Crippen LogP contribution in [0.25, 0.3) is 0 Å². The summed E-state index contributed by atoms with van der Waals surface area (Å²) < 4.78 is 12.3. The molecule has 1 rings (SSSR count). The van der Waals surface area contributed by atoms with E-state index in [2.05, 4.69) is 0 Å². The van der Waals surface area contributed by atoms with Crippen LogP contribution in [0, 0.1) is 5.82 Å². The molecule has 0 atom stereocenters. The SMILES string of the molecule is [B-]Cc1cccc(F)c1. The predicted molar refractivity (Wildman–Crippen MR) is 35.9 cm³/mol. The summed E-state index contributed by atoms with van der Waals surface area (Å²) in [5.74, 6) is -0.224. The summed E-state index contributed by atoms with van der Waals surface area (Å²) in [7, 11) is 5.25. The van der Waals surface area contributed by atoms with Crippen LogP contribution in [0.3, 0.4) is 0 Å². The molecule has 0 spiro atoms. The van der Waals surface area contributed by atoms with E-state index < -0.39 is 0 Å². The molecule has 45 valence electrons. The van der Waals surface area contributed by atoms with E-state index in [1.54, 1.807) is 12.1 Å². The third kappa shape index (κ3) is 1.56. The first-order chi connectivity index (χ1) is 4.33. The maximum absolute atomic E-state index is 12.3. The molecule has 0 aliphatic heterocycles. The van der Waals surface area contributed by atoms with Gasteiger partial charge in [0, 0.05) is 0 Å². The van der Waals surface area contributed by atoms with Crippen molar-refractivity contribution in [3.8, 4) is 0 Å². The van der Waals surface area contributed by atoms with Crippen molar-refractivity contribution >= 4 is 7.85 Å². The molecule has 0 saturated carbocycles. The fraction of sp³-hybridized carbons (Fsp3) is 0.143. The molecule has 0 unspecified atom stereocenters. The highest BCUT2D eigenvalue weighted by atomic mass is 19.1. The molecular formula is C7H6BF-. The molecule has 0 amide bonds. The summed E-state index contributed by atoms with van der Waals surface area (Å²) in [5.41, 5.74) is 0.829. The van der Waals surface area contributed by atoms with Crippen molar-refractivity contribution in [1.82, 2.24) is 0 Å². The van der Waals surface area contributed by atoms with E-state index in [0.717, 1.165) is 5.56 Å². The van der Waals surface area contributed by atoms with E-state index in [1.807, 2.05) is 0 Å². The molecule has 0 aliphatic rings. The summed E-state index contributed by atoms with van der Waals surface area (Å²) in [6.45, 7) is 0. The minimum atomic E-state index is -0.224. The van der Waals surface area contributed by atoms with Crippen LogP contribution < -0.4 is 0 Å². The highest BCUT2D eigenvalue weighted by molar-refractivity contribution is 6.08. The maximum Gasteiger partial charge on any atom is 0.123 e. The van der Waals surface area contributed by atoms with Gasteiger partial charge in [0.25, 0.3) is 0 Å². The van der Waals surface area contributed by atoms with Crippen molar-refractivity contribution in [3.05, 3.63) is 35.6 Å². The average Bonchev–Trinajstić information content (AvgIpc) is 1.88. The lowest BCUT2D eigenvalue weighted by Crippen LogP contribution is -1.83. The molecule has 0 saturated heterocycles. The van der Waals surface area contributed by atoms with Gasteiger partial charge in [0.2, 0.25) is 0 Å².